The van der Waals surface area contributed by atoms with E-state index in [1.165, 1.54) is 4.90 Å². The fraction of sp³-hybridized carbons (Fsp3) is 0.750. The average molecular weight is 277 g/mol. The number of rotatable bonds is 5. The van der Waals surface area contributed by atoms with Gasteiger partial charge in [0.05, 0.1) is 24.5 Å². The van der Waals surface area contributed by atoms with E-state index in [-0.39, 0.29) is 47.9 Å². The van der Waals surface area contributed by atoms with Crippen LogP contribution < -0.4 is 0 Å². The topological polar surface area (TPSA) is 57.6 Å². The zero-order chi connectivity index (χ0) is 14.4. The Morgan fingerprint density at radius 1 is 1.15 bits per heavy atom. The first kappa shape index (κ1) is 13.8. The maximum Gasteiger partial charge on any atom is 0.233 e. The molecule has 1 N–H and O–H groups in total. The third-order valence-electron chi connectivity index (χ3n) is 5.52. The summed E-state index contributed by atoms with van der Waals surface area (Å²) in [7, 11) is 0. The van der Waals surface area contributed by atoms with E-state index in [0.717, 1.165) is 19.3 Å². The number of amides is 2. The summed E-state index contributed by atoms with van der Waals surface area (Å²) in [4.78, 5) is 26.3. The van der Waals surface area contributed by atoms with Gasteiger partial charge in [-0.05, 0) is 24.2 Å². The summed E-state index contributed by atoms with van der Waals surface area (Å²) in [6.45, 7) is 4.24. The van der Waals surface area contributed by atoms with Gasteiger partial charge in [-0.3, -0.25) is 14.5 Å². The van der Waals surface area contributed by atoms with Gasteiger partial charge < -0.3 is 5.11 Å². The first-order chi connectivity index (χ1) is 9.58. The van der Waals surface area contributed by atoms with E-state index >= 15 is 0 Å². The predicted molar refractivity (Wildman–Crippen MR) is 74.5 cm³/mol. The van der Waals surface area contributed by atoms with Gasteiger partial charge in [-0.25, -0.2) is 0 Å². The van der Waals surface area contributed by atoms with Crippen molar-refractivity contribution in [3.63, 3.8) is 0 Å². The quantitative estimate of drug-likeness (QED) is 0.613. The molecular formula is C16H23NO3. The van der Waals surface area contributed by atoms with E-state index in [1.807, 2.05) is 13.8 Å². The fourth-order valence-electron chi connectivity index (χ4n) is 4.31. The van der Waals surface area contributed by atoms with Gasteiger partial charge in [0, 0.05) is 0 Å². The molecule has 2 amide bonds. The highest BCUT2D eigenvalue weighted by Crippen LogP contribution is 2.52. The van der Waals surface area contributed by atoms with Crippen LogP contribution in [0.2, 0.25) is 0 Å². The van der Waals surface area contributed by atoms with Crippen LogP contribution in [0.1, 0.15) is 33.1 Å². The van der Waals surface area contributed by atoms with Gasteiger partial charge in [0.1, 0.15) is 0 Å². The van der Waals surface area contributed by atoms with Crippen LogP contribution in [0, 0.1) is 29.6 Å². The zero-order valence-corrected chi connectivity index (χ0v) is 12.2. The second kappa shape index (κ2) is 4.99. The molecule has 2 aliphatic carbocycles. The minimum atomic E-state index is -0.595. The van der Waals surface area contributed by atoms with Crippen molar-refractivity contribution in [3.8, 4) is 0 Å². The van der Waals surface area contributed by atoms with Crippen molar-refractivity contribution in [2.45, 2.75) is 39.2 Å². The molecule has 1 heterocycles. The number of β-amino-alcohol motifs (C(OH)–C–C–N with tert-alkyl or cyclic N) is 1. The lowest BCUT2D eigenvalue weighted by Gasteiger charge is -2.25. The third kappa shape index (κ3) is 1.85. The predicted octanol–water partition coefficient (Wildman–Crippen LogP) is 1.59. The molecule has 5 unspecified atom stereocenters. The Balaban J connectivity index is 1.73. The van der Waals surface area contributed by atoms with Gasteiger partial charge in [0.15, 0.2) is 0 Å². The molecule has 1 aliphatic heterocycles. The summed E-state index contributed by atoms with van der Waals surface area (Å²) in [5, 5.41) is 10.3. The first-order valence-electron chi connectivity index (χ1n) is 7.80. The SMILES string of the molecule is CCC(CC)C(O)CN1C(=O)C2C3C=CC(C3)C2C1=O. The molecule has 1 saturated heterocycles. The Morgan fingerprint density at radius 3 is 2.10 bits per heavy atom. The van der Waals surface area contributed by atoms with Crippen molar-refractivity contribution in [3.05, 3.63) is 12.2 Å². The highest BCUT2D eigenvalue weighted by molar-refractivity contribution is 6.06. The van der Waals surface area contributed by atoms with Gasteiger partial charge in [-0.15, -0.1) is 0 Å². The number of carbonyl (C=O) groups is 2. The molecule has 5 atom stereocenters. The van der Waals surface area contributed by atoms with Crippen molar-refractivity contribution in [1.29, 1.82) is 0 Å². The lowest BCUT2D eigenvalue weighted by Crippen LogP contribution is -2.41. The van der Waals surface area contributed by atoms with Gasteiger partial charge in [0.2, 0.25) is 11.8 Å². The molecule has 110 valence electrons. The van der Waals surface area contributed by atoms with Crippen molar-refractivity contribution in [2.75, 3.05) is 6.54 Å². The number of imide groups is 1. The molecule has 0 aromatic carbocycles. The summed E-state index contributed by atoms with van der Waals surface area (Å²) in [5.74, 6) is 0.251. The first-order valence-corrected chi connectivity index (χ1v) is 7.80. The van der Waals surface area contributed by atoms with Crippen LogP contribution in [-0.2, 0) is 9.59 Å². The van der Waals surface area contributed by atoms with E-state index in [9.17, 15) is 14.7 Å². The highest BCUT2D eigenvalue weighted by Gasteiger charge is 2.59. The lowest BCUT2D eigenvalue weighted by molar-refractivity contribution is -0.143. The van der Waals surface area contributed by atoms with Gasteiger partial charge >= 0.3 is 0 Å². The lowest BCUT2D eigenvalue weighted by atomic mass is 9.85. The van der Waals surface area contributed by atoms with Crippen LogP contribution in [0.4, 0.5) is 0 Å². The fourth-order valence-corrected chi connectivity index (χ4v) is 4.31. The van der Waals surface area contributed by atoms with E-state index in [1.54, 1.807) is 0 Å². The second-order valence-electron chi connectivity index (χ2n) is 6.43. The number of aliphatic hydroxyl groups is 1. The van der Waals surface area contributed by atoms with Crippen molar-refractivity contribution in [1.82, 2.24) is 4.90 Å². The standard InChI is InChI=1S/C16H23NO3/c1-3-9(4-2)12(18)8-17-15(19)13-10-5-6-11(7-10)14(13)16(17)20/h5-6,9-14,18H,3-4,7-8H2,1-2H3. The molecular weight excluding hydrogens is 254 g/mol. The minimum absolute atomic E-state index is 0.0538. The number of likely N-dealkylation sites (tertiary alicyclic amines) is 1. The summed E-state index contributed by atoms with van der Waals surface area (Å²) in [6, 6.07) is 0. The van der Waals surface area contributed by atoms with Crippen molar-refractivity contribution < 1.29 is 14.7 Å². The Labute approximate surface area is 119 Å². The molecule has 3 aliphatic rings. The van der Waals surface area contributed by atoms with Crippen molar-refractivity contribution in [2.24, 2.45) is 29.6 Å². The van der Waals surface area contributed by atoms with E-state index < -0.39 is 6.10 Å². The monoisotopic (exact) mass is 277 g/mol. The number of nitrogens with zero attached hydrogens (tertiary/aromatic N) is 1. The maximum atomic E-state index is 12.5. The summed E-state index contributed by atoms with van der Waals surface area (Å²) in [5.41, 5.74) is 0. The smallest absolute Gasteiger partial charge is 0.233 e. The van der Waals surface area contributed by atoms with Crippen LogP contribution in [-0.4, -0.2) is 34.5 Å². The molecule has 2 fully saturated rings. The molecule has 4 heteroatoms. The largest absolute Gasteiger partial charge is 0.391 e. The van der Waals surface area contributed by atoms with Gasteiger partial charge in [0.25, 0.3) is 0 Å². The van der Waals surface area contributed by atoms with Crippen LogP contribution in [0.3, 0.4) is 0 Å². The minimum Gasteiger partial charge on any atom is -0.391 e. The van der Waals surface area contributed by atoms with Gasteiger partial charge in [-0.2, -0.15) is 0 Å². The summed E-state index contributed by atoms with van der Waals surface area (Å²) in [6.07, 6.45) is 6.29. The maximum absolute atomic E-state index is 12.5. The zero-order valence-electron chi connectivity index (χ0n) is 12.2. The molecule has 0 spiro atoms. The molecule has 2 bridgehead atoms. The Morgan fingerprint density at radius 2 is 1.65 bits per heavy atom. The van der Waals surface area contributed by atoms with E-state index in [2.05, 4.69) is 12.2 Å². The number of allylic oxidation sites excluding steroid dienone is 2. The number of fused-ring (bicyclic) bond motifs is 5. The molecule has 0 aromatic heterocycles. The summed E-state index contributed by atoms with van der Waals surface area (Å²) >= 11 is 0. The van der Waals surface area contributed by atoms with Crippen molar-refractivity contribution >= 4 is 11.8 Å². The Bertz CT molecular complexity index is 425. The highest BCUT2D eigenvalue weighted by atomic mass is 16.3. The molecule has 4 nitrogen and oxygen atoms in total. The second-order valence-corrected chi connectivity index (χ2v) is 6.43. The van der Waals surface area contributed by atoms with Gasteiger partial charge in [-0.1, -0.05) is 38.8 Å². The summed E-state index contributed by atoms with van der Waals surface area (Å²) < 4.78 is 0. The number of aliphatic hydroxyl groups excluding tert-OH is 1. The van der Waals surface area contributed by atoms with Crippen LogP contribution >= 0.6 is 0 Å². The third-order valence-corrected chi connectivity index (χ3v) is 5.52. The normalized spacial score (nSPS) is 36.3. The number of hydrogen-bond acceptors (Lipinski definition) is 3. The molecule has 0 aromatic rings. The van der Waals surface area contributed by atoms with Crippen LogP contribution in [0.5, 0.6) is 0 Å². The molecule has 20 heavy (non-hydrogen) atoms. The van der Waals surface area contributed by atoms with Crippen LogP contribution in [0.15, 0.2) is 12.2 Å². The molecule has 3 rings (SSSR count). The van der Waals surface area contributed by atoms with E-state index in [4.69, 9.17) is 0 Å². The van der Waals surface area contributed by atoms with Crippen LogP contribution in [0.25, 0.3) is 0 Å². The Kier molecular flexibility index (Phi) is 3.44. The Hall–Kier alpha value is -1.16. The molecule has 0 radical (unpaired) electrons. The van der Waals surface area contributed by atoms with E-state index in [0.29, 0.717) is 0 Å². The average Bonchev–Trinajstić information content (AvgIpc) is 3.10. The number of hydrogen-bond donors (Lipinski definition) is 1. The molecule has 1 saturated carbocycles. The number of carbonyl (C=O) groups excluding carboxylic acids is 2.